The maximum atomic E-state index is 11.0. The third-order valence-corrected chi connectivity index (χ3v) is 2.75. The standard InChI is InChI=1S/C15H15NO4/c1-10-8-12(15(18)19)9-14(16-10)20-13-5-3-2-4-11(13)6-7-17/h2-5,8-9,17H,6-7H2,1H3,(H,18,19). The number of aromatic carboxylic acids is 1. The number of aliphatic hydroxyl groups is 1. The molecule has 0 atom stereocenters. The molecule has 0 amide bonds. The van der Waals surface area contributed by atoms with Crippen LogP contribution < -0.4 is 4.74 Å². The second kappa shape index (κ2) is 6.16. The monoisotopic (exact) mass is 273 g/mol. The molecule has 0 spiro atoms. The number of carboxylic acid groups (broad SMARTS) is 1. The van der Waals surface area contributed by atoms with Crippen molar-refractivity contribution in [1.82, 2.24) is 4.98 Å². The van der Waals surface area contributed by atoms with Crippen molar-refractivity contribution < 1.29 is 19.7 Å². The number of hydrogen-bond acceptors (Lipinski definition) is 4. The van der Waals surface area contributed by atoms with Gasteiger partial charge in [-0.1, -0.05) is 18.2 Å². The molecule has 104 valence electrons. The van der Waals surface area contributed by atoms with Gasteiger partial charge in [0.1, 0.15) is 5.75 Å². The normalized spacial score (nSPS) is 10.3. The Bertz CT molecular complexity index is 625. The van der Waals surface area contributed by atoms with E-state index in [4.69, 9.17) is 14.9 Å². The lowest BCUT2D eigenvalue weighted by Crippen LogP contribution is -2.01. The predicted octanol–water partition coefficient (Wildman–Crippen LogP) is 2.42. The Kier molecular flexibility index (Phi) is 4.32. The van der Waals surface area contributed by atoms with Crippen molar-refractivity contribution in [2.45, 2.75) is 13.3 Å². The topological polar surface area (TPSA) is 79.7 Å². The van der Waals surface area contributed by atoms with E-state index in [1.54, 1.807) is 13.0 Å². The maximum Gasteiger partial charge on any atom is 0.335 e. The van der Waals surface area contributed by atoms with Gasteiger partial charge >= 0.3 is 5.97 Å². The lowest BCUT2D eigenvalue weighted by atomic mass is 10.1. The van der Waals surface area contributed by atoms with E-state index in [2.05, 4.69) is 4.98 Å². The molecule has 0 aliphatic carbocycles. The third kappa shape index (κ3) is 3.33. The van der Waals surface area contributed by atoms with Crippen LogP contribution in [0, 0.1) is 6.92 Å². The van der Waals surface area contributed by atoms with Crippen LogP contribution in [0.4, 0.5) is 0 Å². The second-order valence-corrected chi connectivity index (χ2v) is 4.32. The first kappa shape index (κ1) is 14.0. The minimum absolute atomic E-state index is 0.0159. The van der Waals surface area contributed by atoms with Crippen molar-refractivity contribution in [3.8, 4) is 11.6 Å². The molecule has 0 fully saturated rings. The summed E-state index contributed by atoms with van der Waals surface area (Å²) in [7, 11) is 0. The summed E-state index contributed by atoms with van der Waals surface area (Å²) < 4.78 is 5.65. The molecule has 5 heteroatoms. The van der Waals surface area contributed by atoms with Gasteiger partial charge in [0, 0.05) is 18.4 Å². The minimum atomic E-state index is -1.02. The number of nitrogens with zero attached hydrogens (tertiary/aromatic N) is 1. The van der Waals surface area contributed by atoms with Crippen LogP contribution in [0.3, 0.4) is 0 Å². The first-order chi connectivity index (χ1) is 9.60. The Morgan fingerprint density at radius 2 is 2.05 bits per heavy atom. The van der Waals surface area contributed by atoms with E-state index in [1.165, 1.54) is 12.1 Å². The van der Waals surface area contributed by atoms with E-state index in [1.807, 2.05) is 18.2 Å². The molecular weight excluding hydrogens is 258 g/mol. The molecule has 0 aliphatic rings. The van der Waals surface area contributed by atoms with Crippen LogP contribution in [0.15, 0.2) is 36.4 Å². The lowest BCUT2D eigenvalue weighted by Gasteiger charge is -2.10. The van der Waals surface area contributed by atoms with Gasteiger partial charge in [0.15, 0.2) is 0 Å². The van der Waals surface area contributed by atoms with Crippen molar-refractivity contribution in [3.05, 3.63) is 53.2 Å². The quantitative estimate of drug-likeness (QED) is 0.874. The van der Waals surface area contributed by atoms with Gasteiger partial charge in [-0.15, -0.1) is 0 Å². The maximum absolute atomic E-state index is 11.0. The lowest BCUT2D eigenvalue weighted by molar-refractivity contribution is 0.0696. The molecule has 0 radical (unpaired) electrons. The summed E-state index contributed by atoms with van der Waals surface area (Å²) in [4.78, 5) is 15.2. The molecule has 1 heterocycles. The SMILES string of the molecule is Cc1cc(C(=O)O)cc(Oc2ccccc2CCO)n1. The van der Waals surface area contributed by atoms with Gasteiger partial charge in [0.05, 0.1) is 5.56 Å². The number of pyridine rings is 1. The molecule has 1 aromatic carbocycles. The molecule has 20 heavy (non-hydrogen) atoms. The van der Waals surface area contributed by atoms with Gasteiger partial charge in [-0.3, -0.25) is 0 Å². The summed E-state index contributed by atoms with van der Waals surface area (Å²) in [5.41, 5.74) is 1.54. The average Bonchev–Trinajstić information content (AvgIpc) is 2.40. The number of benzene rings is 1. The number of carbonyl (C=O) groups is 1. The van der Waals surface area contributed by atoms with Gasteiger partial charge in [0.25, 0.3) is 0 Å². The third-order valence-electron chi connectivity index (χ3n) is 2.75. The highest BCUT2D eigenvalue weighted by atomic mass is 16.5. The van der Waals surface area contributed by atoms with Crippen LogP contribution in [0.25, 0.3) is 0 Å². The molecule has 0 bridgehead atoms. The summed E-state index contributed by atoms with van der Waals surface area (Å²) in [6, 6.07) is 10.1. The Morgan fingerprint density at radius 3 is 2.75 bits per heavy atom. The number of para-hydroxylation sites is 1. The summed E-state index contributed by atoms with van der Waals surface area (Å²) in [6.45, 7) is 1.72. The van der Waals surface area contributed by atoms with Crippen LogP contribution in [0.1, 0.15) is 21.6 Å². The van der Waals surface area contributed by atoms with E-state index in [9.17, 15) is 4.79 Å². The number of aliphatic hydroxyl groups excluding tert-OH is 1. The summed E-state index contributed by atoms with van der Waals surface area (Å²) in [5, 5.41) is 18.0. The van der Waals surface area contributed by atoms with Crippen molar-refractivity contribution in [2.24, 2.45) is 0 Å². The Morgan fingerprint density at radius 1 is 1.30 bits per heavy atom. The number of ether oxygens (including phenoxy) is 1. The summed E-state index contributed by atoms with van der Waals surface area (Å²) in [5.74, 6) is -0.229. The van der Waals surface area contributed by atoms with Gasteiger partial charge in [0.2, 0.25) is 5.88 Å². The molecule has 0 aliphatic heterocycles. The average molecular weight is 273 g/mol. The van der Waals surface area contributed by atoms with Gasteiger partial charge in [-0.2, -0.15) is 0 Å². The number of hydrogen-bond donors (Lipinski definition) is 2. The zero-order chi connectivity index (χ0) is 14.5. The minimum Gasteiger partial charge on any atom is -0.478 e. The zero-order valence-electron chi connectivity index (χ0n) is 11.0. The van der Waals surface area contributed by atoms with E-state index in [0.29, 0.717) is 17.9 Å². The van der Waals surface area contributed by atoms with Crippen LogP contribution in [0.5, 0.6) is 11.6 Å². The highest BCUT2D eigenvalue weighted by Crippen LogP contribution is 2.25. The number of aryl methyl sites for hydroxylation is 1. The Hall–Kier alpha value is -2.40. The van der Waals surface area contributed by atoms with E-state index in [-0.39, 0.29) is 18.1 Å². The van der Waals surface area contributed by atoms with Crippen molar-refractivity contribution in [1.29, 1.82) is 0 Å². The highest BCUT2D eigenvalue weighted by Gasteiger charge is 2.10. The first-order valence-electron chi connectivity index (χ1n) is 6.19. The molecule has 2 N–H and O–H groups in total. The molecule has 5 nitrogen and oxygen atoms in total. The first-order valence-corrected chi connectivity index (χ1v) is 6.19. The molecular formula is C15H15NO4. The fourth-order valence-electron chi connectivity index (χ4n) is 1.86. The molecule has 2 rings (SSSR count). The summed E-state index contributed by atoms with van der Waals surface area (Å²) >= 11 is 0. The zero-order valence-corrected chi connectivity index (χ0v) is 11.0. The highest BCUT2D eigenvalue weighted by molar-refractivity contribution is 5.88. The van der Waals surface area contributed by atoms with Crippen molar-refractivity contribution in [2.75, 3.05) is 6.61 Å². The van der Waals surface area contributed by atoms with E-state index in [0.717, 1.165) is 5.56 Å². The fraction of sp³-hybridized carbons (Fsp3) is 0.200. The smallest absolute Gasteiger partial charge is 0.335 e. The van der Waals surface area contributed by atoms with Crippen LogP contribution >= 0.6 is 0 Å². The summed E-state index contributed by atoms with van der Waals surface area (Å²) in [6.07, 6.45) is 0.466. The fourth-order valence-corrected chi connectivity index (χ4v) is 1.86. The number of carboxylic acids is 1. The Labute approximate surface area is 116 Å². The van der Waals surface area contributed by atoms with E-state index < -0.39 is 5.97 Å². The van der Waals surface area contributed by atoms with Crippen molar-refractivity contribution >= 4 is 5.97 Å². The number of aromatic nitrogens is 1. The Balaban J connectivity index is 2.32. The molecule has 2 aromatic rings. The van der Waals surface area contributed by atoms with Gasteiger partial charge in [-0.25, -0.2) is 9.78 Å². The largest absolute Gasteiger partial charge is 0.478 e. The van der Waals surface area contributed by atoms with Crippen molar-refractivity contribution in [3.63, 3.8) is 0 Å². The molecule has 0 unspecified atom stereocenters. The molecule has 0 saturated carbocycles. The van der Waals surface area contributed by atoms with Crippen LogP contribution in [-0.4, -0.2) is 27.8 Å². The van der Waals surface area contributed by atoms with Gasteiger partial charge in [-0.05, 0) is 31.0 Å². The molecule has 0 saturated heterocycles. The van der Waals surface area contributed by atoms with E-state index >= 15 is 0 Å². The molecule has 1 aromatic heterocycles. The van der Waals surface area contributed by atoms with Crippen LogP contribution in [0.2, 0.25) is 0 Å². The number of rotatable bonds is 5. The van der Waals surface area contributed by atoms with Gasteiger partial charge < -0.3 is 14.9 Å². The second-order valence-electron chi connectivity index (χ2n) is 4.32. The predicted molar refractivity (Wildman–Crippen MR) is 73.2 cm³/mol. The van der Waals surface area contributed by atoms with Crippen LogP contribution in [-0.2, 0) is 6.42 Å².